The van der Waals surface area contributed by atoms with E-state index >= 15 is 0 Å². The fourth-order valence-corrected chi connectivity index (χ4v) is 1.17. The van der Waals surface area contributed by atoms with E-state index in [0.29, 0.717) is 5.56 Å². The monoisotopic (exact) mass is 244 g/mol. The lowest BCUT2D eigenvalue weighted by atomic mass is 10.1. The van der Waals surface area contributed by atoms with Gasteiger partial charge in [0.2, 0.25) is 0 Å². The largest absolute Gasteiger partial charge is 0.573 e. The Morgan fingerprint density at radius 2 is 1.71 bits per heavy atom. The summed E-state index contributed by atoms with van der Waals surface area (Å²) in [6, 6.07) is 4.81. The molecule has 0 aliphatic heterocycles. The number of rotatable bonds is 3. The molecule has 5 heteroatoms. The fourth-order valence-electron chi connectivity index (χ4n) is 1.17. The number of hydrogen-bond donors (Lipinski definition) is 0. The van der Waals surface area contributed by atoms with Crippen molar-refractivity contribution in [3.63, 3.8) is 0 Å². The molecule has 17 heavy (non-hydrogen) atoms. The average Bonchev–Trinajstić information content (AvgIpc) is 2.15. The zero-order valence-corrected chi connectivity index (χ0v) is 9.34. The zero-order chi connectivity index (χ0) is 13.1. The van der Waals surface area contributed by atoms with Crippen LogP contribution in [0.15, 0.2) is 35.9 Å². The van der Waals surface area contributed by atoms with E-state index in [1.54, 1.807) is 13.8 Å². The van der Waals surface area contributed by atoms with Gasteiger partial charge in [-0.1, -0.05) is 5.57 Å². The predicted molar refractivity (Wildman–Crippen MR) is 56.9 cm³/mol. The van der Waals surface area contributed by atoms with Crippen LogP contribution >= 0.6 is 0 Å². The number of carbonyl (C=O) groups excluding carboxylic acids is 1. The molecule has 2 nitrogen and oxygen atoms in total. The summed E-state index contributed by atoms with van der Waals surface area (Å²) in [4.78, 5) is 11.5. The van der Waals surface area contributed by atoms with Crippen molar-refractivity contribution in [1.82, 2.24) is 0 Å². The first kappa shape index (κ1) is 13.3. The normalized spacial score (nSPS) is 10.9. The van der Waals surface area contributed by atoms with E-state index in [0.717, 1.165) is 17.7 Å². The molecule has 0 amide bonds. The van der Waals surface area contributed by atoms with Crippen molar-refractivity contribution in [3.05, 3.63) is 41.5 Å². The number of ketones is 1. The van der Waals surface area contributed by atoms with Crippen molar-refractivity contribution in [2.45, 2.75) is 20.2 Å². The van der Waals surface area contributed by atoms with Crippen LogP contribution in [0.4, 0.5) is 13.2 Å². The van der Waals surface area contributed by atoms with Gasteiger partial charge in [-0.15, -0.1) is 13.2 Å². The summed E-state index contributed by atoms with van der Waals surface area (Å²) in [6.07, 6.45) is -3.30. The second-order valence-electron chi connectivity index (χ2n) is 3.66. The van der Waals surface area contributed by atoms with Gasteiger partial charge < -0.3 is 4.74 Å². The highest BCUT2D eigenvalue weighted by Gasteiger charge is 2.30. The molecule has 1 aromatic carbocycles. The zero-order valence-electron chi connectivity index (χ0n) is 9.34. The van der Waals surface area contributed by atoms with E-state index in [1.807, 2.05) is 0 Å². The number of benzene rings is 1. The van der Waals surface area contributed by atoms with Crippen molar-refractivity contribution in [1.29, 1.82) is 0 Å². The van der Waals surface area contributed by atoms with Crippen molar-refractivity contribution in [2.24, 2.45) is 0 Å². The minimum atomic E-state index is -4.72. The molecule has 0 aliphatic carbocycles. The molecule has 0 fully saturated rings. The number of halogens is 3. The molecule has 0 saturated heterocycles. The van der Waals surface area contributed by atoms with E-state index < -0.39 is 6.36 Å². The molecular weight excluding hydrogens is 233 g/mol. The van der Waals surface area contributed by atoms with Gasteiger partial charge in [-0.3, -0.25) is 4.79 Å². The molecule has 0 N–H and O–H groups in total. The number of allylic oxidation sites excluding steroid dienone is 2. The minimum absolute atomic E-state index is 0.247. The Morgan fingerprint density at radius 1 is 1.18 bits per heavy atom. The molecule has 92 valence electrons. The first-order valence-electron chi connectivity index (χ1n) is 4.83. The Hall–Kier alpha value is -1.78. The molecule has 1 rings (SSSR count). The van der Waals surface area contributed by atoms with Gasteiger partial charge in [0, 0.05) is 5.56 Å². The maximum absolute atomic E-state index is 11.9. The van der Waals surface area contributed by atoms with Gasteiger partial charge in [0.15, 0.2) is 5.78 Å². The first-order valence-corrected chi connectivity index (χ1v) is 4.83. The third-order valence-corrected chi connectivity index (χ3v) is 1.79. The Balaban J connectivity index is 2.82. The van der Waals surface area contributed by atoms with Crippen LogP contribution < -0.4 is 4.74 Å². The molecule has 1 aromatic rings. The molecule has 0 unspecified atom stereocenters. The highest BCUT2D eigenvalue weighted by molar-refractivity contribution is 6.04. The maximum Gasteiger partial charge on any atom is 0.573 e. The highest BCUT2D eigenvalue weighted by Crippen LogP contribution is 2.22. The molecule has 0 radical (unpaired) electrons. The third-order valence-electron chi connectivity index (χ3n) is 1.79. The van der Waals surface area contributed by atoms with Crippen LogP contribution in [0.1, 0.15) is 24.2 Å². The van der Waals surface area contributed by atoms with Crippen LogP contribution in [0.5, 0.6) is 5.75 Å². The summed E-state index contributed by atoms with van der Waals surface area (Å²) in [6.45, 7) is 3.53. The molecule has 0 heterocycles. The van der Waals surface area contributed by atoms with Crippen LogP contribution in [-0.4, -0.2) is 12.1 Å². The van der Waals surface area contributed by atoms with Crippen LogP contribution in [0.3, 0.4) is 0 Å². The minimum Gasteiger partial charge on any atom is -0.406 e. The summed E-state index contributed by atoms with van der Waals surface area (Å²) in [5.74, 6) is -0.588. The van der Waals surface area contributed by atoms with E-state index in [-0.39, 0.29) is 11.5 Å². The van der Waals surface area contributed by atoms with Crippen LogP contribution in [0.25, 0.3) is 0 Å². The Kier molecular flexibility index (Phi) is 3.93. The van der Waals surface area contributed by atoms with Gasteiger partial charge in [0.05, 0.1) is 0 Å². The summed E-state index contributed by atoms with van der Waals surface area (Å²) < 4.78 is 39.3. The maximum atomic E-state index is 11.9. The lowest BCUT2D eigenvalue weighted by Crippen LogP contribution is -2.17. The summed E-state index contributed by atoms with van der Waals surface area (Å²) in [5, 5.41) is 0. The predicted octanol–water partition coefficient (Wildman–Crippen LogP) is 3.73. The first-order chi connectivity index (χ1) is 7.78. The molecule has 0 bridgehead atoms. The Bertz CT molecular complexity index is 426. The Morgan fingerprint density at radius 3 is 2.12 bits per heavy atom. The Labute approximate surface area is 96.7 Å². The van der Waals surface area contributed by atoms with Crippen LogP contribution in [0.2, 0.25) is 0 Å². The lowest BCUT2D eigenvalue weighted by molar-refractivity contribution is -0.274. The molecular formula is C12H11F3O2. The standard InChI is InChI=1S/C12H11F3O2/c1-8(2)7-11(16)9-3-5-10(6-4-9)17-12(13,14)15/h3-7H,1-2H3. The third kappa shape index (κ3) is 4.72. The van der Waals surface area contributed by atoms with E-state index in [9.17, 15) is 18.0 Å². The van der Waals surface area contributed by atoms with Crippen LogP contribution in [0, 0.1) is 0 Å². The SMILES string of the molecule is CC(C)=CC(=O)c1ccc(OC(F)(F)F)cc1. The quantitative estimate of drug-likeness (QED) is 0.598. The van der Waals surface area contributed by atoms with Gasteiger partial charge >= 0.3 is 6.36 Å². The number of carbonyl (C=O) groups is 1. The van der Waals surface area contributed by atoms with E-state index in [4.69, 9.17) is 0 Å². The molecule has 0 atom stereocenters. The van der Waals surface area contributed by atoms with Crippen molar-refractivity contribution in [3.8, 4) is 5.75 Å². The highest BCUT2D eigenvalue weighted by atomic mass is 19.4. The topological polar surface area (TPSA) is 26.3 Å². The van der Waals surface area contributed by atoms with Crippen molar-refractivity contribution < 1.29 is 22.7 Å². The summed E-state index contributed by atoms with van der Waals surface area (Å²) in [5.41, 5.74) is 1.14. The van der Waals surface area contributed by atoms with Gasteiger partial charge in [0.25, 0.3) is 0 Å². The molecule has 0 aliphatic rings. The van der Waals surface area contributed by atoms with E-state index in [1.165, 1.54) is 18.2 Å². The fraction of sp³-hybridized carbons (Fsp3) is 0.250. The van der Waals surface area contributed by atoms with Gasteiger partial charge in [-0.25, -0.2) is 0 Å². The lowest BCUT2D eigenvalue weighted by Gasteiger charge is -2.08. The second-order valence-corrected chi connectivity index (χ2v) is 3.66. The van der Waals surface area contributed by atoms with Gasteiger partial charge in [-0.05, 0) is 44.2 Å². The number of alkyl halides is 3. The molecule has 0 spiro atoms. The molecule has 0 saturated carbocycles. The number of ether oxygens (including phenoxy) is 1. The second kappa shape index (κ2) is 5.03. The molecule has 0 aromatic heterocycles. The van der Waals surface area contributed by atoms with Crippen molar-refractivity contribution >= 4 is 5.78 Å². The van der Waals surface area contributed by atoms with Crippen LogP contribution in [-0.2, 0) is 0 Å². The average molecular weight is 244 g/mol. The summed E-state index contributed by atoms with van der Waals surface area (Å²) in [7, 11) is 0. The van der Waals surface area contributed by atoms with E-state index in [2.05, 4.69) is 4.74 Å². The van der Waals surface area contributed by atoms with Gasteiger partial charge in [0.1, 0.15) is 5.75 Å². The smallest absolute Gasteiger partial charge is 0.406 e. The number of hydrogen-bond acceptors (Lipinski definition) is 2. The van der Waals surface area contributed by atoms with Crippen molar-refractivity contribution in [2.75, 3.05) is 0 Å². The summed E-state index contributed by atoms with van der Waals surface area (Å²) >= 11 is 0. The van der Waals surface area contributed by atoms with Gasteiger partial charge in [-0.2, -0.15) is 0 Å².